The Morgan fingerprint density at radius 1 is 1.50 bits per heavy atom. The lowest BCUT2D eigenvalue weighted by molar-refractivity contribution is -0.114. The fourth-order valence-corrected chi connectivity index (χ4v) is 1.87. The molecular formula is C9H12O. The number of hydrogen-bond donors (Lipinski definition) is 0. The summed E-state index contributed by atoms with van der Waals surface area (Å²) in [6, 6.07) is 0. The molecule has 10 heavy (non-hydrogen) atoms. The number of allylic oxidation sites excluding steroid dienone is 2. The van der Waals surface area contributed by atoms with E-state index in [0.29, 0.717) is 5.92 Å². The highest BCUT2D eigenvalue weighted by molar-refractivity contribution is 5.65. The van der Waals surface area contributed by atoms with Crippen LogP contribution in [0.1, 0.15) is 25.7 Å². The maximum Gasteiger partial charge on any atom is 0.130 e. The molecule has 0 aliphatic heterocycles. The van der Waals surface area contributed by atoms with E-state index in [0.717, 1.165) is 19.1 Å². The molecule has 1 atom stereocenters. The van der Waals surface area contributed by atoms with E-state index < -0.39 is 0 Å². The number of hydrogen-bond acceptors (Lipinski definition) is 1. The van der Waals surface area contributed by atoms with Gasteiger partial charge in [-0.25, -0.2) is 0 Å². The zero-order valence-electron chi connectivity index (χ0n) is 6.05. The first-order valence-electron chi connectivity index (χ1n) is 4.01. The van der Waals surface area contributed by atoms with Crippen LogP contribution in [0.4, 0.5) is 0 Å². The van der Waals surface area contributed by atoms with Gasteiger partial charge >= 0.3 is 0 Å². The molecule has 1 nitrogen and oxygen atoms in total. The third kappa shape index (κ3) is 0.731. The summed E-state index contributed by atoms with van der Waals surface area (Å²) in [5, 5.41) is 0. The van der Waals surface area contributed by atoms with Crippen LogP contribution in [0.25, 0.3) is 0 Å². The fraction of sp³-hybridized carbons (Fsp3) is 0.667. The summed E-state index contributed by atoms with van der Waals surface area (Å²) in [5.41, 5.74) is -0.0139. The van der Waals surface area contributed by atoms with Gasteiger partial charge in [0, 0.05) is 5.41 Å². The van der Waals surface area contributed by atoms with E-state index in [-0.39, 0.29) is 5.41 Å². The van der Waals surface area contributed by atoms with Gasteiger partial charge in [-0.15, -0.1) is 0 Å². The molecule has 1 fully saturated rings. The first kappa shape index (κ1) is 6.14. The number of rotatable bonds is 2. The molecule has 2 aliphatic carbocycles. The zero-order valence-corrected chi connectivity index (χ0v) is 6.05. The van der Waals surface area contributed by atoms with Crippen molar-refractivity contribution in [3.05, 3.63) is 12.2 Å². The average molecular weight is 136 g/mol. The van der Waals surface area contributed by atoms with Crippen molar-refractivity contribution in [3.63, 3.8) is 0 Å². The van der Waals surface area contributed by atoms with E-state index in [1.807, 2.05) is 0 Å². The van der Waals surface area contributed by atoms with Crippen LogP contribution in [-0.2, 0) is 4.79 Å². The second kappa shape index (κ2) is 1.94. The highest BCUT2D eigenvalue weighted by Crippen LogP contribution is 2.50. The normalized spacial score (nSPS) is 38.4. The van der Waals surface area contributed by atoms with Crippen LogP contribution in [0.5, 0.6) is 0 Å². The van der Waals surface area contributed by atoms with Crippen molar-refractivity contribution in [3.8, 4) is 0 Å². The summed E-state index contributed by atoms with van der Waals surface area (Å²) in [5.74, 6) is 0.698. The minimum absolute atomic E-state index is 0.0139. The number of carbonyl (C=O) groups is 1. The van der Waals surface area contributed by atoms with Crippen molar-refractivity contribution in [1.82, 2.24) is 0 Å². The lowest BCUT2D eigenvalue weighted by Gasteiger charge is -2.18. The third-order valence-electron chi connectivity index (χ3n) is 2.73. The van der Waals surface area contributed by atoms with Crippen molar-refractivity contribution in [2.75, 3.05) is 0 Å². The predicted octanol–water partition coefficient (Wildman–Crippen LogP) is 1.93. The van der Waals surface area contributed by atoms with Crippen molar-refractivity contribution in [2.45, 2.75) is 25.7 Å². The summed E-state index contributed by atoms with van der Waals surface area (Å²) < 4.78 is 0. The largest absolute Gasteiger partial charge is 0.302 e. The van der Waals surface area contributed by atoms with Crippen LogP contribution >= 0.6 is 0 Å². The molecule has 0 radical (unpaired) electrons. The molecular weight excluding hydrogens is 124 g/mol. The molecule has 0 aromatic rings. The topological polar surface area (TPSA) is 17.1 Å². The second-order valence-corrected chi connectivity index (χ2v) is 3.45. The highest BCUT2D eigenvalue weighted by atomic mass is 16.1. The molecule has 0 saturated heterocycles. The molecule has 1 saturated carbocycles. The Balaban J connectivity index is 2.20. The van der Waals surface area contributed by atoms with Gasteiger partial charge in [0.2, 0.25) is 0 Å². The van der Waals surface area contributed by atoms with Gasteiger partial charge in [0.15, 0.2) is 0 Å². The van der Waals surface area contributed by atoms with Gasteiger partial charge < -0.3 is 4.79 Å². The Morgan fingerprint density at radius 2 is 2.30 bits per heavy atom. The molecule has 0 heterocycles. The van der Waals surface area contributed by atoms with Gasteiger partial charge in [-0.05, 0) is 31.6 Å². The predicted molar refractivity (Wildman–Crippen MR) is 39.6 cm³/mol. The van der Waals surface area contributed by atoms with Crippen LogP contribution in [0, 0.1) is 11.3 Å². The molecule has 54 valence electrons. The second-order valence-electron chi connectivity index (χ2n) is 3.45. The van der Waals surface area contributed by atoms with Crippen molar-refractivity contribution in [2.24, 2.45) is 11.3 Å². The third-order valence-corrected chi connectivity index (χ3v) is 2.73. The summed E-state index contributed by atoms with van der Waals surface area (Å²) in [6.07, 6.45) is 10.1. The Morgan fingerprint density at radius 3 is 2.70 bits per heavy atom. The monoisotopic (exact) mass is 136 g/mol. The molecule has 2 rings (SSSR count). The van der Waals surface area contributed by atoms with E-state index in [4.69, 9.17) is 0 Å². The first-order chi connectivity index (χ1) is 4.87. The van der Waals surface area contributed by atoms with E-state index in [1.54, 1.807) is 0 Å². The minimum atomic E-state index is -0.0139. The van der Waals surface area contributed by atoms with Gasteiger partial charge in [-0.1, -0.05) is 12.2 Å². The number of aldehydes is 1. The molecule has 0 spiro atoms. The molecule has 0 N–H and O–H groups in total. The Labute approximate surface area is 61.1 Å². The minimum Gasteiger partial charge on any atom is -0.302 e. The Bertz CT molecular complexity index is 179. The summed E-state index contributed by atoms with van der Waals surface area (Å²) in [4.78, 5) is 10.8. The maximum atomic E-state index is 10.8. The van der Waals surface area contributed by atoms with Gasteiger partial charge in [0.05, 0.1) is 0 Å². The van der Waals surface area contributed by atoms with E-state index >= 15 is 0 Å². The van der Waals surface area contributed by atoms with Crippen molar-refractivity contribution < 1.29 is 4.79 Å². The van der Waals surface area contributed by atoms with Crippen LogP contribution in [0.3, 0.4) is 0 Å². The molecule has 0 aromatic carbocycles. The summed E-state index contributed by atoms with van der Waals surface area (Å²) in [7, 11) is 0. The van der Waals surface area contributed by atoms with E-state index in [9.17, 15) is 4.79 Å². The van der Waals surface area contributed by atoms with Crippen LogP contribution in [0.15, 0.2) is 12.2 Å². The van der Waals surface area contributed by atoms with E-state index in [2.05, 4.69) is 12.2 Å². The first-order valence-corrected chi connectivity index (χ1v) is 4.01. The van der Waals surface area contributed by atoms with Crippen LogP contribution < -0.4 is 0 Å². The van der Waals surface area contributed by atoms with Gasteiger partial charge in [0.25, 0.3) is 0 Å². The molecule has 0 bridgehead atoms. The van der Waals surface area contributed by atoms with Gasteiger partial charge in [0.1, 0.15) is 6.29 Å². The number of carbonyl (C=O) groups excluding carboxylic acids is 1. The van der Waals surface area contributed by atoms with Gasteiger partial charge in [-0.2, -0.15) is 0 Å². The van der Waals surface area contributed by atoms with Crippen LogP contribution in [0.2, 0.25) is 0 Å². The zero-order chi connectivity index (χ0) is 7.03. The summed E-state index contributed by atoms with van der Waals surface area (Å²) in [6.45, 7) is 0. The highest BCUT2D eigenvalue weighted by Gasteiger charge is 2.44. The van der Waals surface area contributed by atoms with E-state index in [1.165, 1.54) is 12.8 Å². The lowest BCUT2D eigenvalue weighted by Crippen LogP contribution is -2.19. The molecule has 1 unspecified atom stereocenters. The Hall–Kier alpha value is -0.590. The average Bonchev–Trinajstić information content (AvgIpc) is 2.71. The van der Waals surface area contributed by atoms with Crippen LogP contribution in [-0.4, -0.2) is 6.29 Å². The van der Waals surface area contributed by atoms with Gasteiger partial charge in [-0.3, -0.25) is 0 Å². The lowest BCUT2D eigenvalue weighted by atomic mass is 9.84. The fourth-order valence-electron chi connectivity index (χ4n) is 1.87. The standard InChI is InChI=1S/C9H12O/c10-7-9(8-3-4-8)5-1-2-6-9/h1,5,7-8H,2-4,6H2. The Kier molecular flexibility index (Phi) is 1.19. The maximum absolute atomic E-state index is 10.8. The van der Waals surface area contributed by atoms with Crippen molar-refractivity contribution in [1.29, 1.82) is 0 Å². The molecule has 0 aromatic heterocycles. The molecule has 2 aliphatic rings. The SMILES string of the molecule is O=CC1(C2CC2)C=CCC1. The molecule has 0 amide bonds. The van der Waals surface area contributed by atoms with Crippen molar-refractivity contribution >= 4 is 6.29 Å². The molecule has 1 heteroatoms. The summed E-state index contributed by atoms with van der Waals surface area (Å²) >= 11 is 0. The quantitative estimate of drug-likeness (QED) is 0.418. The smallest absolute Gasteiger partial charge is 0.130 e.